The molecule has 2 rings (SSSR count). The van der Waals surface area contributed by atoms with Gasteiger partial charge >= 0.3 is 0 Å². The summed E-state index contributed by atoms with van der Waals surface area (Å²) in [4.78, 5) is 6.30. The second kappa shape index (κ2) is 6.35. The maximum atomic E-state index is 10.5. The normalized spacial score (nSPS) is 12.9. The van der Waals surface area contributed by atoms with E-state index in [1.165, 1.54) is 0 Å². The zero-order chi connectivity index (χ0) is 14.7. The number of rotatable bonds is 5. The summed E-state index contributed by atoms with van der Waals surface area (Å²) < 4.78 is 1.73. The van der Waals surface area contributed by atoms with Crippen LogP contribution in [0.25, 0.3) is 0 Å². The van der Waals surface area contributed by atoms with E-state index >= 15 is 0 Å². The highest BCUT2D eigenvalue weighted by molar-refractivity contribution is 6.31. The minimum absolute atomic E-state index is 0.457. The van der Waals surface area contributed by atoms with Crippen LogP contribution in [-0.4, -0.2) is 45.4 Å². The number of likely N-dealkylation sites (N-methyl/N-ethyl adjacent to an activating group) is 1. The quantitative estimate of drug-likeness (QED) is 0.915. The Morgan fingerprint density at radius 1 is 1.35 bits per heavy atom. The molecule has 0 fully saturated rings. The Kier molecular flexibility index (Phi) is 4.75. The van der Waals surface area contributed by atoms with E-state index in [1.54, 1.807) is 23.1 Å². The van der Waals surface area contributed by atoms with E-state index < -0.39 is 6.10 Å². The topological polar surface area (TPSA) is 54.2 Å². The SMILES string of the molecule is Cc1ccc(C(O)c2c(Cl)cnn2CCN(C)C)nc1. The molecule has 108 valence electrons. The van der Waals surface area contributed by atoms with E-state index in [-0.39, 0.29) is 0 Å². The van der Waals surface area contributed by atoms with Gasteiger partial charge in [-0.05, 0) is 32.6 Å². The lowest BCUT2D eigenvalue weighted by Crippen LogP contribution is -2.21. The summed E-state index contributed by atoms with van der Waals surface area (Å²) in [5, 5.41) is 15.2. The Morgan fingerprint density at radius 2 is 2.10 bits per heavy atom. The summed E-state index contributed by atoms with van der Waals surface area (Å²) in [6.45, 7) is 3.44. The Morgan fingerprint density at radius 3 is 2.70 bits per heavy atom. The summed E-state index contributed by atoms with van der Waals surface area (Å²) in [7, 11) is 3.98. The minimum atomic E-state index is -0.868. The average molecular weight is 295 g/mol. The highest BCUT2D eigenvalue weighted by atomic mass is 35.5. The van der Waals surface area contributed by atoms with Crippen LogP contribution in [-0.2, 0) is 6.54 Å². The van der Waals surface area contributed by atoms with Crippen LogP contribution < -0.4 is 0 Å². The zero-order valence-corrected chi connectivity index (χ0v) is 12.7. The van der Waals surface area contributed by atoms with E-state index in [9.17, 15) is 5.11 Å². The van der Waals surface area contributed by atoms with Crippen LogP contribution in [0.1, 0.15) is 23.1 Å². The molecule has 0 amide bonds. The second-order valence-electron chi connectivity index (χ2n) is 5.07. The van der Waals surface area contributed by atoms with Crippen LogP contribution in [0.4, 0.5) is 0 Å². The average Bonchev–Trinajstić information content (AvgIpc) is 2.77. The number of nitrogens with zero attached hydrogens (tertiary/aromatic N) is 4. The van der Waals surface area contributed by atoms with Crippen molar-refractivity contribution in [2.45, 2.75) is 19.6 Å². The lowest BCUT2D eigenvalue weighted by molar-refractivity contribution is 0.201. The van der Waals surface area contributed by atoms with Gasteiger partial charge in [0.15, 0.2) is 0 Å². The number of pyridine rings is 1. The van der Waals surface area contributed by atoms with Crippen molar-refractivity contribution in [1.29, 1.82) is 0 Å². The maximum Gasteiger partial charge on any atom is 0.139 e. The summed E-state index contributed by atoms with van der Waals surface area (Å²) in [5.74, 6) is 0. The van der Waals surface area contributed by atoms with Crippen LogP contribution in [0.2, 0.25) is 5.02 Å². The van der Waals surface area contributed by atoms with Crippen molar-refractivity contribution in [2.24, 2.45) is 0 Å². The molecule has 0 spiro atoms. The van der Waals surface area contributed by atoms with Gasteiger partial charge in [0.05, 0.1) is 29.2 Å². The summed E-state index contributed by atoms with van der Waals surface area (Å²) in [6.07, 6.45) is 2.42. The number of aromatic nitrogens is 3. The first kappa shape index (κ1) is 15.0. The van der Waals surface area contributed by atoms with Crippen LogP contribution in [0, 0.1) is 6.92 Å². The molecule has 0 aromatic carbocycles. The predicted molar refractivity (Wildman–Crippen MR) is 78.8 cm³/mol. The molecule has 0 aliphatic rings. The van der Waals surface area contributed by atoms with Gasteiger partial charge in [0, 0.05) is 12.7 Å². The van der Waals surface area contributed by atoms with Crippen molar-refractivity contribution in [3.63, 3.8) is 0 Å². The molecule has 6 heteroatoms. The van der Waals surface area contributed by atoms with E-state index in [1.807, 2.05) is 27.1 Å². The number of hydrogen-bond acceptors (Lipinski definition) is 4. The molecule has 0 aliphatic heterocycles. The van der Waals surface area contributed by atoms with Crippen molar-refractivity contribution in [1.82, 2.24) is 19.7 Å². The Balaban J connectivity index is 2.26. The van der Waals surface area contributed by atoms with Gasteiger partial charge in [-0.25, -0.2) is 0 Å². The molecule has 2 heterocycles. The number of halogens is 1. The molecule has 0 bridgehead atoms. The predicted octanol–water partition coefficient (Wildman–Crippen LogP) is 1.88. The van der Waals surface area contributed by atoms with Crippen LogP contribution in [0.5, 0.6) is 0 Å². The molecule has 2 aromatic rings. The van der Waals surface area contributed by atoms with Gasteiger partial charge in [-0.2, -0.15) is 5.10 Å². The van der Waals surface area contributed by atoms with Crippen molar-refractivity contribution < 1.29 is 5.11 Å². The fourth-order valence-corrected chi connectivity index (χ4v) is 2.14. The van der Waals surface area contributed by atoms with E-state index in [4.69, 9.17) is 11.6 Å². The first-order valence-corrected chi connectivity index (χ1v) is 6.83. The molecule has 0 aliphatic carbocycles. The lowest BCUT2D eigenvalue weighted by atomic mass is 10.1. The molecule has 2 aromatic heterocycles. The Bertz CT molecular complexity index is 565. The molecule has 0 radical (unpaired) electrons. The second-order valence-corrected chi connectivity index (χ2v) is 5.47. The highest BCUT2D eigenvalue weighted by Gasteiger charge is 2.20. The number of aliphatic hydroxyl groups excluding tert-OH is 1. The molecule has 0 saturated heterocycles. The monoisotopic (exact) mass is 294 g/mol. The molecule has 5 nitrogen and oxygen atoms in total. The first-order valence-electron chi connectivity index (χ1n) is 6.45. The third kappa shape index (κ3) is 3.36. The fourth-order valence-electron chi connectivity index (χ4n) is 1.90. The highest BCUT2D eigenvalue weighted by Crippen LogP contribution is 2.27. The molecule has 20 heavy (non-hydrogen) atoms. The van der Waals surface area contributed by atoms with Gasteiger partial charge in [0.1, 0.15) is 6.10 Å². The third-order valence-corrected chi connectivity index (χ3v) is 3.36. The van der Waals surface area contributed by atoms with Gasteiger partial charge < -0.3 is 10.0 Å². The number of hydrogen-bond donors (Lipinski definition) is 1. The van der Waals surface area contributed by atoms with E-state index in [0.29, 0.717) is 23.0 Å². The van der Waals surface area contributed by atoms with Gasteiger partial charge in [-0.1, -0.05) is 17.7 Å². The van der Waals surface area contributed by atoms with Crippen molar-refractivity contribution >= 4 is 11.6 Å². The number of aliphatic hydroxyl groups is 1. The van der Waals surface area contributed by atoms with Crippen LogP contribution in [0.15, 0.2) is 24.5 Å². The molecular formula is C14H19ClN4O. The van der Waals surface area contributed by atoms with Crippen LogP contribution >= 0.6 is 11.6 Å². The molecule has 1 N–H and O–H groups in total. The molecule has 1 unspecified atom stereocenters. The van der Waals surface area contributed by atoms with Gasteiger partial charge in [0.25, 0.3) is 0 Å². The van der Waals surface area contributed by atoms with Crippen LogP contribution in [0.3, 0.4) is 0 Å². The van der Waals surface area contributed by atoms with Gasteiger partial charge in [-0.15, -0.1) is 0 Å². The summed E-state index contributed by atoms with van der Waals surface area (Å²) in [6, 6.07) is 3.72. The molecule has 1 atom stereocenters. The molecule has 0 saturated carbocycles. The smallest absolute Gasteiger partial charge is 0.139 e. The third-order valence-electron chi connectivity index (χ3n) is 3.07. The lowest BCUT2D eigenvalue weighted by Gasteiger charge is -2.16. The van der Waals surface area contributed by atoms with Crippen molar-refractivity contribution in [2.75, 3.05) is 20.6 Å². The first-order chi connectivity index (χ1) is 9.49. The Hall–Kier alpha value is -1.43. The van der Waals surface area contributed by atoms with E-state index in [2.05, 4.69) is 15.0 Å². The summed E-state index contributed by atoms with van der Waals surface area (Å²) in [5.41, 5.74) is 2.21. The van der Waals surface area contributed by atoms with Crippen molar-refractivity contribution in [3.8, 4) is 0 Å². The van der Waals surface area contributed by atoms with Gasteiger partial charge in [-0.3, -0.25) is 9.67 Å². The summed E-state index contributed by atoms with van der Waals surface area (Å²) >= 11 is 6.15. The number of aryl methyl sites for hydroxylation is 1. The Labute approximate surface area is 123 Å². The largest absolute Gasteiger partial charge is 0.380 e. The van der Waals surface area contributed by atoms with E-state index in [0.717, 1.165) is 12.1 Å². The molecular weight excluding hydrogens is 276 g/mol. The maximum absolute atomic E-state index is 10.5. The zero-order valence-electron chi connectivity index (χ0n) is 11.9. The minimum Gasteiger partial charge on any atom is -0.380 e. The fraction of sp³-hybridized carbons (Fsp3) is 0.429. The standard InChI is InChI=1S/C14H19ClN4O/c1-10-4-5-12(16-8-10)14(20)13-11(15)9-17-19(13)7-6-18(2)3/h4-5,8-9,14,20H,6-7H2,1-3H3. The van der Waals surface area contributed by atoms with Crippen molar-refractivity contribution in [3.05, 3.63) is 46.5 Å². The van der Waals surface area contributed by atoms with Gasteiger partial charge in [0.2, 0.25) is 0 Å².